The average molecular weight is 564 g/mol. The Kier molecular flexibility index (Phi) is 8.78. The van der Waals surface area contributed by atoms with Crippen LogP contribution < -0.4 is 0 Å². The first kappa shape index (κ1) is 28.5. The van der Waals surface area contributed by atoms with Gasteiger partial charge in [0.15, 0.2) is 17.5 Å². The maximum Gasteiger partial charge on any atom is 0.194 e. The summed E-state index contributed by atoms with van der Waals surface area (Å²) in [5.41, 5.74) is 5.85. The molecule has 10 atom stereocenters. The number of aliphatic hydroxyl groups excluding tert-OH is 6. The van der Waals surface area contributed by atoms with Gasteiger partial charge in [-0.1, -0.05) is 22.1 Å². The summed E-state index contributed by atoms with van der Waals surface area (Å²) in [6.07, 6.45) is -7.74. The van der Waals surface area contributed by atoms with E-state index in [0.717, 1.165) is 10.9 Å². The average Bonchev–Trinajstić information content (AvgIpc) is 3.37. The fourth-order valence-electron chi connectivity index (χ4n) is 4.26. The second-order valence-corrected chi connectivity index (χ2v) is 9.77. The Balaban J connectivity index is 1.60. The van der Waals surface area contributed by atoms with Crippen LogP contribution >= 0.6 is 11.8 Å². The first-order valence-corrected chi connectivity index (χ1v) is 12.1. The second-order valence-electron chi connectivity index (χ2n) is 8.57. The molecule has 208 valence electrons. The van der Waals surface area contributed by atoms with Crippen molar-refractivity contribution in [3.8, 4) is 11.3 Å². The molecule has 5 unspecified atom stereocenters. The molecule has 0 saturated carbocycles. The predicted molar refractivity (Wildman–Crippen MR) is 120 cm³/mol. The lowest BCUT2D eigenvalue weighted by Crippen LogP contribution is -2.59. The minimum atomic E-state index is -1.67. The van der Waals surface area contributed by atoms with E-state index in [1.54, 1.807) is 0 Å². The van der Waals surface area contributed by atoms with Crippen molar-refractivity contribution in [2.24, 2.45) is 5.11 Å². The van der Waals surface area contributed by atoms with Gasteiger partial charge in [0, 0.05) is 10.5 Å². The van der Waals surface area contributed by atoms with Crippen molar-refractivity contribution in [3.63, 3.8) is 0 Å². The van der Waals surface area contributed by atoms with Crippen LogP contribution in [0.5, 0.6) is 0 Å². The van der Waals surface area contributed by atoms with E-state index in [9.17, 15) is 43.8 Å². The van der Waals surface area contributed by atoms with E-state index >= 15 is 0 Å². The number of aromatic nitrogens is 3. The summed E-state index contributed by atoms with van der Waals surface area (Å²) in [5.74, 6) is -4.60. The number of azide groups is 1. The molecule has 4 rings (SSSR count). The molecule has 1 aromatic heterocycles. The summed E-state index contributed by atoms with van der Waals surface area (Å²) in [6, 6.07) is -1.38. The highest BCUT2D eigenvalue weighted by atomic mass is 32.2. The summed E-state index contributed by atoms with van der Waals surface area (Å²) in [7, 11) is 0. The lowest BCUT2D eigenvalue weighted by Gasteiger charge is -2.45. The molecule has 14 nitrogen and oxygen atoms in total. The quantitative estimate of drug-likeness (QED) is 0.106. The highest BCUT2D eigenvalue weighted by Crippen LogP contribution is 2.40. The summed E-state index contributed by atoms with van der Waals surface area (Å²) in [4.78, 5) is 2.58. The second kappa shape index (κ2) is 11.7. The molecule has 2 aliphatic rings. The fourth-order valence-corrected chi connectivity index (χ4v) is 5.58. The number of nitrogens with zero attached hydrogens (tertiary/aromatic N) is 6. The zero-order valence-electron chi connectivity index (χ0n) is 19.1. The number of halogens is 3. The highest BCUT2D eigenvalue weighted by Gasteiger charge is 2.50. The third kappa shape index (κ3) is 5.32. The zero-order chi connectivity index (χ0) is 27.7. The van der Waals surface area contributed by atoms with Crippen molar-refractivity contribution >= 4 is 11.8 Å². The monoisotopic (exact) mass is 564 g/mol. The number of hydrogen-bond donors (Lipinski definition) is 6. The Bertz CT molecular complexity index is 1170. The van der Waals surface area contributed by atoms with E-state index in [1.807, 2.05) is 0 Å². The van der Waals surface area contributed by atoms with E-state index in [4.69, 9.17) is 15.0 Å². The van der Waals surface area contributed by atoms with Crippen LogP contribution in [0.3, 0.4) is 0 Å². The number of hydrogen-bond acceptors (Lipinski definition) is 12. The Labute approximate surface area is 215 Å². The fraction of sp³-hybridized carbons (Fsp3) is 0.600. The first-order chi connectivity index (χ1) is 18.1. The largest absolute Gasteiger partial charge is 0.394 e. The van der Waals surface area contributed by atoms with Gasteiger partial charge in [-0.15, -0.1) is 5.10 Å². The molecular formula is C20H23F3N6O8S. The van der Waals surface area contributed by atoms with Crippen LogP contribution in [0.15, 0.2) is 23.4 Å². The number of thioether (sulfide) groups is 1. The van der Waals surface area contributed by atoms with Gasteiger partial charge in [0.1, 0.15) is 53.1 Å². The van der Waals surface area contributed by atoms with E-state index in [2.05, 4.69) is 20.3 Å². The Morgan fingerprint density at radius 3 is 2.11 bits per heavy atom. The summed E-state index contributed by atoms with van der Waals surface area (Å²) in [5, 5.41) is 72.8. The molecule has 18 heteroatoms. The smallest absolute Gasteiger partial charge is 0.194 e. The molecule has 0 radical (unpaired) electrons. The Hall–Kier alpha value is -2.51. The van der Waals surface area contributed by atoms with Crippen LogP contribution in [-0.4, -0.2) is 112 Å². The summed E-state index contributed by atoms with van der Waals surface area (Å²) >= 11 is 0.662. The minimum Gasteiger partial charge on any atom is -0.394 e. The highest BCUT2D eigenvalue weighted by molar-refractivity contribution is 8.00. The van der Waals surface area contributed by atoms with Gasteiger partial charge in [-0.3, -0.25) is 0 Å². The van der Waals surface area contributed by atoms with Gasteiger partial charge in [-0.05, 0) is 17.7 Å². The standard InChI is InChI=1S/C20H23F3N6O8S/c21-7-1-6(2-8(22)12(7)23)9-3-29(28-25-9)14-16(33)11(5-31)37-20(18(14)35)38-19-17(34)13(26-27-24)15(32)10(4-30)36-19/h1-3,10-11,13-20,30-35H,4-5H2/t10-,11?,13?,14+,15?,16+,17-,18?,19?,20+/m1/s1. The molecule has 3 heterocycles. The summed E-state index contributed by atoms with van der Waals surface area (Å²) in [6.45, 7) is -1.41. The Morgan fingerprint density at radius 2 is 1.53 bits per heavy atom. The van der Waals surface area contributed by atoms with E-state index < -0.39 is 90.2 Å². The van der Waals surface area contributed by atoms with Gasteiger partial charge in [0.25, 0.3) is 0 Å². The Morgan fingerprint density at radius 1 is 0.947 bits per heavy atom. The van der Waals surface area contributed by atoms with Gasteiger partial charge in [0.2, 0.25) is 0 Å². The lowest BCUT2D eigenvalue weighted by molar-refractivity contribution is -0.183. The van der Waals surface area contributed by atoms with Crippen molar-refractivity contribution < 1.29 is 53.3 Å². The van der Waals surface area contributed by atoms with Gasteiger partial charge in [-0.25, -0.2) is 17.9 Å². The molecule has 2 saturated heterocycles. The van der Waals surface area contributed by atoms with Crippen molar-refractivity contribution in [3.05, 3.63) is 46.2 Å². The minimum absolute atomic E-state index is 0.124. The SMILES string of the molecule is [N-]=[N+]=NC1C(O)[C@@H](CO)OC(S[C@@H]2OC(CO)[C@H](O)[C@H](n3cc(-c4cc(F)c(F)c(F)c4)nn3)C2O)[C@@H]1O. The van der Waals surface area contributed by atoms with Crippen molar-refractivity contribution in [1.82, 2.24) is 15.0 Å². The predicted octanol–water partition coefficient (Wildman–Crippen LogP) is -0.806. The molecule has 38 heavy (non-hydrogen) atoms. The molecular weight excluding hydrogens is 541 g/mol. The van der Waals surface area contributed by atoms with Gasteiger partial charge < -0.3 is 40.1 Å². The number of ether oxygens (including phenoxy) is 2. The first-order valence-electron chi connectivity index (χ1n) is 11.1. The number of benzene rings is 1. The van der Waals surface area contributed by atoms with Crippen LogP contribution in [0.4, 0.5) is 13.2 Å². The molecule has 0 bridgehead atoms. The lowest BCUT2D eigenvalue weighted by atomic mass is 9.97. The zero-order valence-corrected chi connectivity index (χ0v) is 20.0. The van der Waals surface area contributed by atoms with Gasteiger partial charge in [-0.2, -0.15) is 0 Å². The normalized spacial score (nSPS) is 35.6. The van der Waals surface area contributed by atoms with E-state index in [1.165, 1.54) is 0 Å². The van der Waals surface area contributed by atoms with Crippen LogP contribution in [0, 0.1) is 17.5 Å². The third-order valence-corrected chi connectivity index (χ3v) is 7.56. The summed E-state index contributed by atoms with van der Waals surface area (Å²) < 4.78 is 52.7. The van der Waals surface area contributed by atoms with Crippen LogP contribution in [0.1, 0.15) is 6.04 Å². The number of aliphatic hydroxyl groups is 6. The molecule has 0 amide bonds. The molecule has 2 fully saturated rings. The maximum atomic E-state index is 13.7. The topological polar surface area (TPSA) is 219 Å². The van der Waals surface area contributed by atoms with E-state index in [0.29, 0.717) is 23.9 Å². The molecule has 2 aliphatic heterocycles. The molecule has 0 spiro atoms. The molecule has 0 aliphatic carbocycles. The van der Waals surface area contributed by atoms with Gasteiger partial charge >= 0.3 is 0 Å². The van der Waals surface area contributed by atoms with Crippen LogP contribution in [0.2, 0.25) is 0 Å². The maximum absolute atomic E-state index is 13.7. The van der Waals surface area contributed by atoms with Gasteiger partial charge in [0.05, 0.1) is 31.6 Å². The number of rotatable bonds is 7. The molecule has 2 aromatic rings. The van der Waals surface area contributed by atoms with Crippen molar-refractivity contribution in [1.29, 1.82) is 0 Å². The van der Waals surface area contributed by atoms with E-state index in [-0.39, 0.29) is 11.3 Å². The van der Waals surface area contributed by atoms with Crippen LogP contribution in [-0.2, 0) is 9.47 Å². The van der Waals surface area contributed by atoms with Crippen LogP contribution in [0.25, 0.3) is 21.7 Å². The van der Waals surface area contributed by atoms with Crippen molar-refractivity contribution in [2.45, 2.75) is 59.6 Å². The molecule has 6 N–H and O–H groups in total. The molecule has 1 aromatic carbocycles. The third-order valence-electron chi connectivity index (χ3n) is 6.25. The van der Waals surface area contributed by atoms with Crippen molar-refractivity contribution in [2.75, 3.05) is 13.2 Å².